The maximum atomic E-state index is 13.7. The second-order valence-corrected chi connectivity index (χ2v) is 6.73. The first kappa shape index (κ1) is 16.8. The normalized spacial score (nSPS) is 15.4. The third-order valence-electron chi connectivity index (χ3n) is 4.58. The molecule has 134 valence electrons. The fourth-order valence-electron chi connectivity index (χ4n) is 3.20. The molecule has 1 aliphatic rings. The van der Waals surface area contributed by atoms with E-state index in [9.17, 15) is 9.18 Å². The second-order valence-electron chi connectivity index (χ2n) is 6.29. The molecule has 0 spiro atoms. The molecule has 1 aromatic carbocycles. The van der Waals surface area contributed by atoms with Gasteiger partial charge in [0.05, 0.1) is 10.6 Å². The first-order chi connectivity index (χ1) is 12.6. The van der Waals surface area contributed by atoms with E-state index in [2.05, 4.69) is 20.4 Å². The molecule has 8 heteroatoms. The minimum Gasteiger partial charge on any atom is -0.349 e. The molecule has 26 heavy (non-hydrogen) atoms. The van der Waals surface area contributed by atoms with Crippen LogP contribution in [0.3, 0.4) is 0 Å². The van der Waals surface area contributed by atoms with Crippen molar-refractivity contribution in [2.24, 2.45) is 0 Å². The van der Waals surface area contributed by atoms with Gasteiger partial charge in [-0.05, 0) is 37.1 Å². The third kappa shape index (κ3) is 3.22. The molecular weight excluding hydrogens is 357 g/mol. The molecule has 1 aliphatic heterocycles. The predicted molar refractivity (Wildman–Crippen MR) is 97.1 cm³/mol. The van der Waals surface area contributed by atoms with Gasteiger partial charge in [0.15, 0.2) is 5.65 Å². The van der Waals surface area contributed by atoms with Crippen LogP contribution in [0.4, 0.5) is 10.3 Å². The molecule has 4 rings (SSSR count). The van der Waals surface area contributed by atoms with Crippen LogP contribution in [-0.4, -0.2) is 39.6 Å². The van der Waals surface area contributed by atoms with Gasteiger partial charge in [0.25, 0.3) is 5.91 Å². The molecule has 0 unspecified atom stereocenters. The number of halogens is 2. The van der Waals surface area contributed by atoms with Crippen molar-refractivity contribution in [1.29, 1.82) is 0 Å². The number of hydrogen-bond donors (Lipinski definition) is 1. The smallest absolute Gasteiger partial charge is 0.254 e. The van der Waals surface area contributed by atoms with Crippen LogP contribution in [0, 0.1) is 5.82 Å². The first-order valence-electron chi connectivity index (χ1n) is 8.42. The number of pyridine rings is 1. The molecular formula is C18H17ClFN5O. The molecule has 0 aliphatic carbocycles. The number of hydrogen-bond acceptors (Lipinski definition) is 4. The van der Waals surface area contributed by atoms with Crippen molar-refractivity contribution in [3.63, 3.8) is 0 Å². The van der Waals surface area contributed by atoms with E-state index < -0.39 is 5.82 Å². The van der Waals surface area contributed by atoms with Gasteiger partial charge in [0, 0.05) is 25.3 Å². The Hall–Kier alpha value is -2.67. The highest BCUT2D eigenvalue weighted by Crippen LogP contribution is 2.21. The highest BCUT2D eigenvalue weighted by Gasteiger charge is 2.24. The molecule has 1 saturated heterocycles. The van der Waals surface area contributed by atoms with E-state index in [0.29, 0.717) is 5.02 Å². The monoisotopic (exact) mass is 373 g/mol. The molecule has 2 aromatic heterocycles. The highest BCUT2D eigenvalue weighted by molar-refractivity contribution is 6.30. The fraction of sp³-hybridized carbons (Fsp3) is 0.278. The Morgan fingerprint density at radius 1 is 1.15 bits per heavy atom. The molecule has 0 atom stereocenters. The molecule has 0 saturated carbocycles. The number of nitrogens with zero attached hydrogens (tertiary/aromatic N) is 4. The van der Waals surface area contributed by atoms with Crippen LogP contribution in [0.1, 0.15) is 23.2 Å². The number of carbonyl (C=O) groups excluding carboxylic acids is 1. The summed E-state index contributed by atoms with van der Waals surface area (Å²) in [5.74, 6) is -0.142. The Morgan fingerprint density at radius 3 is 2.69 bits per heavy atom. The molecule has 1 amide bonds. The molecule has 3 aromatic rings. The summed E-state index contributed by atoms with van der Waals surface area (Å²) in [5.41, 5.74) is 0.812. The van der Waals surface area contributed by atoms with Gasteiger partial charge in [0.2, 0.25) is 5.95 Å². The lowest BCUT2D eigenvalue weighted by atomic mass is 10.0. The van der Waals surface area contributed by atoms with E-state index in [1.54, 1.807) is 24.4 Å². The number of amides is 1. The number of aromatic nitrogens is 3. The molecule has 1 fully saturated rings. The molecule has 0 radical (unpaired) electrons. The van der Waals surface area contributed by atoms with E-state index in [0.717, 1.165) is 37.5 Å². The van der Waals surface area contributed by atoms with Crippen LogP contribution in [0.15, 0.2) is 42.6 Å². The average molecular weight is 374 g/mol. The maximum absolute atomic E-state index is 13.7. The summed E-state index contributed by atoms with van der Waals surface area (Å²) in [5, 5.41) is 11.9. The lowest BCUT2D eigenvalue weighted by molar-refractivity contribution is 0.0927. The molecule has 3 heterocycles. The van der Waals surface area contributed by atoms with Crippen LogP contribution in [0.5, 0.6) is 0 Å². The Bertz CT molecular complexity index is 952. The third-order valence-corrected chi connectivity index (χ3v) is 4.80. The van der Waals surface area contributed by atoms with Gasteiger partial charge in [-0.1, -0.05) is 23.7 Å². The number of benzene rings is 1. The van der Waals surface area contributed by atoms with E-state index in [-0.39, 0.29) is 17.5 Å². The highest BCUT2D eigenvalue weighted by atomic mass is 35.5. The molecule has 0 bridgehead atoms. The topological polar surface area (TPSA) is 62.5 Å². The number of fused-ring (bicyclic) bond motifs is 1. The lowest BCUT2D eigenvalue weighted by Crippen LogP contribution is -2.45. The van der Waals surface area contributed by atoms with Gasteiger partial charge < -0.3 is 10.2 Å². The van der Waals surface area contributed by atoms with E-state index >= 15 is 0 Å². The van der Waals surface area contributed by atoms with E-state index in [1.807, 2.05) is 10.5 Å². The van der Waals surface area contributed by atoms with Crippen molar-refractivity contribution >= 4 is 29.1 Å². The fourth-order valence-corrected chi connectivity index (χ4v) is 3.36. The Kier molecular flexibility index (Phi) is 4.46. The molecule has 6 nitrogen and oxygen atoms in total. The SMILES string of the molecule is O=C(NC1CCN(c2nnc3ccc(Cl)cn23)CC1)c1ccccc1F. The maximum Gasteiger partial charge on any atom is 0.254 e. The molecule has 1 N–H and O–H groups in total. The van der Waals surface area contributed by atoms with Crippen molar-refractivity contribution in [3.05, 3.63) is 59.0 Å². The Labute approximate surface area is 154 Å². The summed E-state index contributed by atoms with van der Waals surface area (Å²) in [4.78, 5) is 14.4. The first-order valence-corrected chi connectivity index (χ1v) is 8.80. The Balaban J connectivity index is 1.42. The van der Waals surface area contributed by atoms with Crippen LogP contribution in [0.2, 0.25) is 5.02 Å². The minimum absolute atomic E-state index is 0.00105. The Morgan fingerprint density at radius 2 is 1.92 bits per heavy atom. The van der Waals surface area contributed by atoms with E-state index in [4.69, 9.17) is 11.6 Å². The van der Waals surface area contributed by atoms with Crippen LogP contribution >= 0.6 is 11.6 Å². The summed E-state index contributed by atoms with van der Waals surface area (Å²) in [6.45, 7) is 1.44. The summed E-state index contributed by atoms with van der Waals surface area (Å²) in [7, 11) is 0. The summed E-state index contributed by atoms with van der Waals surface area (Å²) in [6.07, 6.45) is 3.28. The van der Waals surface area contributed by atoms with Crippen molar-refractivity contribution in [3.8, 4) is 0 Å². The van der Waals surface area contributed by atoms with Crippen LogP contribution in [-0.2, 0) is 0 Å². The van der Waals surface area contributed by atoms with Crippen LogP contribution in [0.25, 0.3) is 5.65 Å². The second kappa shape index (κ2) is 6.92. The standard InChI is InChI=1S/C18H17ClFN5O/c19-12-5-6-16-22-23-18(25(16)11-12)24-9-7-13(8-10-24)21-17(26)14-3-1-2-4-15(14)20/h1-6,11,13H,7-10H2,(H,21,26). The zero-order valence-electron chi connectivity index (χ0n) is 13.9. The van der Waals surface area contributed by atoms with Crippen LogP contribution < -0.4 is 10.2 Å². The van der Waals surface area contributed by atoms with Gasteiger partial charge in [-0.25, -0.2) is 4.39 Å². The van der Waals surface area contributed by atoms with Crippen molar-refractivity contribution in [1.82, 2.24) is 19.9 Å². The van der Waals surface area contributed by atoms with Crippen molar-refractivity contribution < 1.29 is 9.18 Å². The number of rotatable bonds is 3. The number of anilines is 1. The lowest BCUT2D eigenvalue weighted by Gasteiger charge is -2.32. The quantitative estimate of drug-likeness (QED) is 0.766. The van der Waals surface area contributed by atoms with Gasteiger partial charge in [-0.2, -0.15) is 0 Å². The minimum atomic E-state index is -0.505. The largest absolute Gasteiger partial charge is 0.349 e. The average Bonchev–Trinajstić information content (AvgIpc) is 3.05. The van der Waals surface area contributed by atoms with Gasteiger partial charge in [0.1, 0.15) is 5.82 Å². The zero-order valence-corrected chi connectivity index (χ0v) is 14.7. The van der Waals surface area contributed by atoms with Gasteiger partial charge >= 0.3 is 0 Å². The number of nitrogens with one attached hydrogen (secondary N) is 1. The summed E-state index contributed by atoms with van der Waals surface area (Å²) >= 11 is 6.06. The predicted octanol–water partition coefficient (Wildman–Crippen LogP) is 2.92. The van der Waals surface area contributed by atoms with Crippen molar-refractivity contribution in [2.75, 3.05) is 18.0 Å². The van der Waals surface area contributed by atoms with E-state index in [1.165, 1.54) is 12.1 Å². The van der Waals surface area contributed by atoms with Crippen molar-refractivity contribution in [2.45, 2.75) is 18.9 Å². The van der Waals surface area contributed by atoms with Gasteiger partial charge in [-0.3, -0.25) is 9.20 Å². The van der Waals surface area contributed by atoms with Gasteiger partial charge in [-0.15, -0.1) is 10.2 Å². The summed E-state index contributed by atoms with van der Waals surface area (Å²) in [6, 6.07) is 9.61. The number of carbonyl (C=O) groups is 1. The zero-order chi connectivity index (χ0) is 18.1. The summed E-state index contributed by atoms with van der Waals surface area (Å²) < 4.78 is 15.6. The number of piperidine rings is 1.